The summed E-state index contributed by atoms with van der Waals surface area (Å²) in [6.45, 7) is 0. The van der Waals surface area contributed by atoms with Crippen LogP contribution in [0, 0.1) is 5.21 Å². The summed E-state index contributed by atoms with van der Waals surface area (Å²) >= 11 is 0. The largest absolute Gasteiger partial charge is 0.691 e. The van der Waals surface area contributed by atoms with Crippen molar-refractivity contribution in [2.75, 3.05) is 0 Å². The first-order valence-electron chi connectivity index (χ1n) is 5.85. The summed E-state index contributed by atoms with van der Waals surface area (Å²) in [6, 6.07) is 9.41. The Morgan fingerprint density at radius 1 is 1.12 bits per heavy atom. The fourth-order valence-electron chi connectivity index (χ4n) is 1.98. The Balaban J connectivity index is 1.91. The van der Waals surface area contributed by atoms with Gasteiger partial charge in [0.15, 0.2) is 5.69 Å². The maximum absolute atomic E-state index is 11.6. The molecule has 0 aromatic heterocycles. The average molecular weight is 219 g/mol. The summed E-state index contributed by atoms with van der Waals surface area (Å²) in [5, 5.41) is 15.4. The van der Waals surface area contributed by atoms with Gasteiger partial charge in [-0.3, -0.25) is 0 Å². The van der Waals surface area contributed by atoms with Crippen LogP contribution in [0.5, 0.6) is 0 Å². The normalized spacial score (nSPS) is 18.4. The summed E-state index contributed by atoms with van der Waals surface area (Å²) in [5.74, 6) is 0. The lowest BCUT2D eigenvalue weighted by Crippen LogP contribution is -2.27. The predicted octanol–water partition coefficient (Wildman–Crippen LogP) is 3.12. The molecule has 16 heavy (non-hydrogen) atoms. The average Bonchev–Trinajstić information content (AvgIpc) is 2.38. The van der Waals surface area contributed by atoms with Gasteiger partial charge in [-0.15, -0.1) is 4.86 Å². The molecule has 1 aromatic carbocycles. The van der Waals surface area contributed by atoms with E-state index in [9.17, 15) is 5.21 Å². The van der Waals surface area contributed by atoms with Gasteiger partial charge >= 0.3 is 0 Å². The van der Waals surface area contributed by atoms with Gasteiger partial charge in [-0.2, -0.15) is 5.43 Å². The van der Waals surface area contributed by atoms with E-state index in [4.69, 9.17) is 0 Å². The lowest BCUT2D eigenvalue weighted by molar-refractivity contribution is -0.449. The molecule has 0 bridgehead atoms. The van der Waals surface area contributed by atoms with Gasteiger partial charge in [-0.1, -0.05) is 24.6 Å². The van der Waals surface area contributed by atoms with Crippen LogP contribution in [0.3, 0.4) is 0 Å². The van der Waals surface area contributed by atoms with Crippen molar-refractivity contribution in [3.8, 4) is 0 Å². The smallest absolute Gasteiger partial charge is 0.154 e. The zero-order valence-corrected chi connectivity index (χ0v) is 9.30. The van der Waals surface area contributed by atoms with Crippen molar-refractivity contribution >= 4 is 5.69 Å². The Labute approximate surface area is 95.5 Å². The first kappa shape index (κ1) is 10.9. The second-order valence-electron chi connectivity index (χ2n) is 4.17. The Bertz CT molecular complexity index is 345. The molecule has 0 atom stereocenters. The Morgan fingerprint density at radius 3 is 2.50 bits per heavy atom. The van der Waals surface area contributed by atoms with Gasteiger partial charge < -0.3 is 5.21 Å². The van der Waals surface area contributed by atoms with Crippen molar-refractivity contribution in [2.24, 2.45) is 5.22 Å². The molecular weight excluding hydrogens is 202 g/mol. The van der Waals surface area contributed by atoms with E-state index in [1.807, 2.05) is 18.2 Å². The maximum Gasteiger partial charge on any atom is 0.154 e. The Morgan fingerprint density at radius 2 is 1.81 bits per heavy atom. The summed E-state index contributed by atoms with van der Waals surface area (Å²) in [7, 11) is 0. The van der Waals surface area contributed by atoms with Gasteiger partial charge in [0.25, 0.3) is 0 Å². The van der Waals surface area contributed by atoms with Gasteiger partial charge in [0.1, 0.15) is 6.04 Å². The molecule has 1 aliphatic carbocycles. The van der Waals surface area contributed by atoms with Crippen LogP contribution in [0.4, 0.5) is 5.69 Å². The third-order valence-corrected chi connectivity index (χ3v) is 2.91. The van der Waals surface area contributed by atoms with E-state index in [0.29, 0.717) is 16.6 Å². The van der Waals surface area contributed by atoms with E-state index in [1.165, 1.54) is 19.3 Å². The number of para-hydroxylation sites is 1. The summed E-state index contributed by atoms with van der Waals surface area (Å²) in [5.41, 5.74) is 3.52. The van der Waals surface area contributed by atoms with Crippen molar-refractivity contribution in [1.82, 2.24) is 5.43 Å². The topological polar surface area (TPSA) is 50.5 Å². The molecule has 0 unspecified atom stereocenters. The minimum absolute atomic E-state index is 0.369. The second-order valence-corrected chi connectivity index (χ2v) is 4.17. The van der Waals surface area contributed by atoms with Crippen LogP contribution in [-0.2, 0) is 0 Å². The van der Waals surface area contributed by atoms with Crippen LogP contribution >= 0.6 is 0 Å². The maximum atomic E-state index is 11.6. The molecule has 4 heteroatoms. The number of hydrogen-bond donors (Lipinski definition) is 1. The summed E-state index contributed by atoms with van der Waals surface area (Å²) in [4.78, 5) is 0.647. The molecule has 0 heterocycles. The van der Waals surface area contributed by atoms with Gasteiger partial charge in [0.2, 0.25) is 0 Å². The first-order chi connectivity index (χ1) is 7.86. The van der Waals surface area contributed by atoms with E-state index in [-0.39, 0.29) is 0 Å². The predicted molar refractivity (Wildman–Crippen MR) is 62.2 cm³/mol. The van der Waals surface area contributed by atoms with Gasteiger partial charge in [-0.25, -0.2) is 0 Å². The molecule has 0 amide bonds. The zero-order chi connectivity index (χ0) is 11.2. The standard InChI is InChI=1S/C12H17N3O/c16-15(12-9-5-2-6-10-12)14-13-11-7-3-1-4-8-11/h2,5-6,9-11,13H,1,3-4,7-8H2. The molecule has 1 saturated carbocycles. The molecule has 0 saturated heterocycles. The highest BCUT2D eigenvalue weighted by atomic mass is 16.5. The van der Waals surface area contributed by atoms with Crippen LogP contribution in [0.1, 0.15) is 32.1 Å². The van der Waals surface area contributed by atoms with Gasteiger partial charge in [0, 0.05) is 0 Å². The second kappa shape index (κ2) is 5.49. The minimum atomic E-state index is 0.369. The first-order valence-corrected chi connectivity index (χ1v) is 5.85. The highest BCUT2D eigenvalue weighted by Crippen LogP contribution is 2.17. The van der Waals surface area contributed by atoms with Gasteiger partial charge in [0.05, 0.1) is 5.22 Å². The lowest BCUT2D eigenvalue weighted by atomic mass is 9.96. The van der Waals surface area contributed by atoms with E-state index >= 15 is 0 Å². The van der Waals surface area contributed by atoms with Crippen molar-refractivity contribution in [3.05, 3.63) is 35.5 Å². The molecular formula is C12H17N3O. The number of nitrogens with zero attached hydrogens (tertiary/aromatic N) is 2. The molecule has 1 fully saturated rings. The van der Waals surface area contributed by atoms with Crippen molar-refractivity contribution in [1.29, 1.82) is 0 Å². The van der Waals surface area contributed by atoms with Crippen LogP contribution in [0.25, 0.3) is 0 Å². The van der Waals surface area contributed by atoms with Crippen LogP contribution in [0.2, 0.25) is 0 Å². The van der Waals surface area contributed by atoms with E-state index in [1.54, 1.807) is 12.1 Å². The third kappa shape index (κ3) is 2.95. The quantitative estimate of drug-likeness (QED) is 0.482. The minimum Gasteiger partial charge on any atom is -0.691 e. The summed E-state index contributed by atoms with van der Waals surface area (Å²) < 4.78 is 0. The molecule has 1 N–H and O–H groups in total. The molecule has 2 rings (SSSR count). The van der Waals surface area contributed by atoms with Crippen molar-refractivity contribution < 1.29 is 4.86 Å². The molecule has 86 valence electrons. The monoisotopic (exact) mass is 219 g/mol. The third-order valence-electron chi connectivity index (χ3n) is 2.91. The van der Waals surface area contributed by atoms with Crippen LogP contribution in [0.15, 0.2) is 35.6 Å². The van der Waals surface area contributed by atoms with Crippen molar-refractivity contribution in [3.63, 3.8) is 0 Å². The number of hydrogen-bond acceptors (Lipinski definition) is 2. The summed E-state index contributed by atoms with van der Waals surface area (Å²) in [6.07, 6.45) is 6.00. The van der Waals surface area contributed by atoms with Crippen LogP contribution in [-0.4, -0.2) is 10.9 Å². The highest BCUT2D eigenvalue weighted by molar-refractivity contribution is 5.27. The van der Waals surface area contributed by atoms with Crippen molar-refractivity contribution in [2.45, 2.75) is 38.1 Å². The number of benzene rings is 1. The molecule has 0 spiro atoms. The Kier molecular flexibility index (Phi) is 3.75. The van der Waals surface area contributed by atoms with E-state index < -0.39 is 0 Å². The molecule has 0 aliphatic heterocycles. The van der Waals surface area contributed by atoms with E-state index in [0.717, 1.165) is 12.8 Å². The molecule has 1 aromatic rings. The van der Waals surface area contributed by atoms with Crippen LogP contribution < -0.4 is 5.43 Å². The SMILES string of the molecule is [O-][N+](=NNC1CCCCC1)c1ccccc1. The highest BCUT2D eigenvalue weighted by Gasteiger charge is 2.15. The number of nitrogens with one attached hydrogen (secondary N) is 1. The zero-order valence-electron chi connectivity index (χ0n) is 9.30. The fraction of sp³-hybridized carbons (Fsp3) is 0.500. The Hall–Kier alpha value is -1.58. The molecule has 1 aliphatic rings. The molecule has 0 radical (unpaired) electrons. The lowest BCUT2D eigenvalue weighted by Gasteiger charge is -2.17. The van der Waals surface area contributed by atoms with E-state index in [2.05, 4.69) is 10.6 Å². The number of rotatable bonds is 3. The fourth-order valence-corrected chi connectivity index (χ4v) is 1.98. The van der Waals surface area contributed by atoms with Gasteiger partial charge in [-0.05, 0) is 37.8 Å². The molecule has 4 nitrogen and oxygen atoms in total.